The maximum Gasteiger partial charge on any atom is 0.242 e. The average molecular weight is 304 g/mol. The number of benzene rings is 1. The zero-order valence-electron chi connectivity index (χ0n) is 12.0. The molecule has 5 nitrogen and oxygen atoms in total. The van der Waals surface area contributed by atoms with Crippen LogP contribution < -0.4 is 5.73 Å². The van der Waals surface area contributed by atoms with Crippen molar-refractivity contribution in [3.8, 4) is 0 Å². The normalized spacial score (nSPS) is 12.3. The second kappa shape index (κ2) is 7.12. The van der Waals surface area contributed by atoms with E-state index in [0.29, 0.717) is 6.61 Å². The summed E-state index contributed by atoms with van der Waals surface area (Å²) in [6.45, 7) is 4.24. The Morgan fingerprint density at radius 1 is 1.40 bits per heavy atom. The predicted octanol–water partition coefficient (Wildman–Crippen LogP) is 1.33. The van der Waals surface area contributed by atoms with Crippen LogP contribution >= 0.6 is 0 Å². The standard InChI is InChI=1S/C13H21FN2O3S/c1-10(2)19-7-6-16(3)20(17,18)12-4-5-13(14)11(8-12)9-15/h4-5,8,10H,6-7,9,15H2,1-3H3. The van der Waals surface area contributed by atoms with E-state index >= 15 is 0 Å². The summed E-state index contributed by atoms with van der Waals surface area (Å²) in [5, 5.41) is 0. The molecule has 0 aromatic heterocycles. The molecule has 0 heterocycles. The lowest BCUT2D eigenvalue weighted by molar-refractivity contribution is 0.0737. The van der Waals surface area contributed by atoms with Gasteiger partial charge in [-0.15, -0.1) is 0 Å². The molecule has 0 radical (unpaired) electrons. The lowest BCUT2D eigenvalue weighted by Gasteiger charge is -2.18. The summed E-state index contributed by atoms with van der Waals surface area (Å²) in [5.41, 5.74) is 5.56. The molecular formula is C13H21FN2O3S. The molecule has 0 saturated carbocycles. The van der Waals surface area contributed by atoms with Gasteiger partial charge in [0.2, 0.25) is 10.0 Å². The summed E-state index contributed by atoms with van der Waals surface area (Å²) < 4.78 is 44.4. The van der Waals surface area contributed by atoms with Crippen molar-refractivity contribution in [1.82, 2.24) is 4.31 Å². The summed E-state index contributed by atoms with van der Waals surface area (Å²) in [6, 6.07) is 3.63. The van der Waals surface area contributed by atoms with Crippen LogP contribution in [-0.4, -0.2) is 39.0 Å². The Morgan fingerprint density at radius 3 is 2.60 bits per heavy atom. The molecule has 20 heavy (non-hydrogen) atoms. The van der Waals surface area contributed by atoms with Gasteiger partial charge in [0.1, 0.15) is 5.82 Å². The quantitative estimate of drug-likeness (QED) is 0.825. The molecule has 2 N–H and O–H groups in total. The van der Waals surface area contributed by atoms with Crippen molar-refractivity contribution in [1.29, 1.82) is 0 Å². The number of sulfonamides is 1. The number of nitrogens with two attached hydrogens (primary N) is 1. The Kier molecular flexibility index (Phi) is 6.07. The molecule has 0 bridgehead atoms. The van der Waals surface area contributed by atoms with E-state index < -0.39 is 15.8 Å². The first-order chi connectivity index (χ1) is 9.28. The molecule has 1 rings (SSSR count). The summed E-state index contributed by atoms with van der Waals surface area (Å²) in [5.74, 6) is -0.503. The molecule has 0 saturated heterocycles. The van der Waals surface area contributed by atoms with E-state index in [4.69, 9.17) is 10.5 Å². The Labute approximate surface area is 119 Å². The van der Waals surface area contributed by atoms with Crippen LogP contribution in [-0.2, 0) is 21.3 Å². The number of nitrogens with zero attached hydrogens (tertiary/aromatic N) is 1. The van der Waals surface area contributed by atoms with Gasteiger partial charge in [-0.2, -0.15) is 4.31 Å². The minimum atomic E-state index is -3.66. The van der Waals surface area contributed by atoms with Crippen LogP contribution in [0.4, 0.5) is 4.39 Å². The number of likely N-dealkylation sites (N-methyl/N-ethyl adjacent to an activating group) is 1. The van der Waals surface area contributed by atoms with E-state index in [2.05, 4.69) is 0 Å². The predicted molar refractivity (Wildman–Crippen MR) is 75.2 cm³/mol. The van der Waals surface area contributed by atoms with Gasteiger partial charge < -0.3 is 10.5 Å². The van der Waals surface area contributed by atoms with Gasteiger partial charge >= 0.3 is 0 Å². The van der Waals surface area contributed by atoms with E-state index in [0.717, 1.165) is 6.07 Å². The van der Waals surface area contributed by atoms with Crippen molar-refractivity contribution in [3.05, 3.63) is 29.6 Å². The van der Waals surface area contributed by atoms with Gasteiger partial charge in [-0.25, -0.2) is 12.8 Å². The summed E-state index contributed by atoms with van der Waals surface area (Å²) in [4.78, 5) is 0.0337. The first kappa shape index (κ1) is 17.0. The Morgan fingerprint density at radius 2 is 2.05 bits per heavy atom. The zero-order chi connectivity index (χ0) is 15.3. The fraction of sp³-hybridized carbons (Fsp3) is 0.538. The molecule has 0 spiro atoms. The molecule has 7 heteroatoms. The third-order valence-electron chi connectivity index (χ3n) is 2.80. The maximum atomic E-state index is 13.3. The van der Waals surface area contributed by atoms with Crippen LogP contribution in [0.3, 0.4) is 0 Å². The van der Waals surface area contributed by atoms with Gasteiger partial charge in [-0.3, -0.25) is 0 Å². The maximum absolute atomic E-state index is 13.3. The smallest absolute Gasteiger partial charge is 0.242 e. The van der Waals surface area contributed by atoms with Crippen LogP contribution in [0.25, 0.3) is 0 Å². The topological polar surface area (TPSA) is 72.6 Å². The van der Waals surface area contributed by atoms with Gasteiger partial charge in [0.05, 0.1) is 17.6 Å². The van der Waals surface area contributed by atoms with Gasteiger partial charge in [-0.1, -0.05) is 0 Å². The minimum absolute atomic E-state index is 0.0337. The molecule has 0 amide bonds. The molecule has 114 valence electrons. The number of rotatable bonds is 7. The molecule has 0 aliphatic heterocycles. The second-order valence-electron chi connectivity index (χ2n) is 4.70. The van der Waals surface area contributed by atoms with Crippen LogP contribution in [0.2, 0.25) is 0 Å². The van der Waals surface area contributed by atoms with E-state index in [-0.39, 0.29) is 29.7 Å². The highest BCUT2D eigenvalue weighted by Gasteiger charge is 2.21. The van der Waals surface area contributed by atoms with Crippen molar-refractivity contribution in [2.24, 2.45) is 5.73 Å². The molecule has 0 atom stereocenters. The fourth-order valence-corrected chi connectivity index (χ4v) is 2.79. The van der Waals surface area contributed by atoms with Crippen molar-refractivity contribution in [3.63, 3.8) is 0 Å². The zero-order valence-corrected chi connectivity index (χ0v) is 12.8. The fourth-order valence-electron chi connectivity index (χ4n) is 1.59. The average Bonchev–Trinajstić information content (AvgIpc) is 2.38. The molecule has 0 unspecified atom stereocenters. The van der Waals surface area contributed by atoms with Crippen LogP contribution in [0, 0.1) is 5.82 Å². The SMILES string of the molecule is CC(C)OCCN(C)S(=O)(=O)c1ccc(F)c(CN)c1. The first-order valence-electron chi connectivity index (χ1n) is 6.35. The van der Waals surface area contributed by atoms with E-state index in [1.165, 1.54) is 23.5 Å². The highest BCUT2D eigenvalue weighted by molar-refractivity contribution is 7.89. The Balaban J connectivity index is 2.87. The summed E-state index contributed by atoms with van der Waals surface area (Å²) in [6.07, 6.45) is 0.0424. The Hall–Kier alpha value is -1.02. The molecule has 0 aliphatic rings. The highest BCUT2D eigenvalue weighted by atomic mass is 32.2. The second-order valence-corrected chi connectivity index (χ2v) is 6.75. The van der Waals surface area contributed by atoms with Crippen molar-refractivity contribution < 1.29 is 17.5 Å². The summed E-state index contributed by atoms with van der Waals surface area (Å²) in [7, 11) is -2.19. The van der Waals surface area contributed by atoms with Gasteiger partial charge in [0, 0.05) is 25.7 Å². The summed E-state index contributed by atoms with van der Waals surface area (Å²) >= 11 is 0. The molecule has 0 fully saturated rings. The molecule has 1 aromatic rings. The lowest BCUT2D eigenvalue weighted by Crippen LogP contribution is -2.31. The monoisotopic (exact) mass is 304 g/mol. The number of hydrogen-bond donors (Lipinski definition) is 1. The number of hydrogen-bond acceptors (Lipinski definition) is 4. The lowest BCUT2D eigenvalue weighted by atomic mass is 10.2. The van der Waals surface area contributed by atoms with Gasteiger partial charge in [0.25, 0.3) is 0 Å². The largest absolute Gasteiger partial charge is 0.377 e. The van der Waals surface area contributed by atoms with E-state index in [1.54, 1.807) is 0 Å². The van der Waals surface area contributed by atoms with E-state index in [1.807, 2.05) is 13.8 Å². The third kappa shape index (κ3) is 4.24. The van der Waals surface area contributed by atoms with Crippen LogP contribution in [0.15, 0.2) is 23.1 Å². The highest BCUT2D eigenvalue weighted by Crippen LogP contribution is 2.18. The van der Waals surface area contributed by atoms with Gasteiger partial charge in [0.15, 0.2) is 0 Å². The van der Waals surface area contributed by atoms with Crippen LogP contribution in [0.1, 0.15) is 19.4 Å². The van der Waals surface area contributed by atoms with Crippen molar-refractivity contribution >= 4 is 10.0 Å². The van der Waals surface area contributed by atoms with Gasteiger partial charge in [-0.05, 0) is 32.0 Å². The molecular weight excluding hydrogens is 283 g/mol. The Bertz CT molecular complexity index is 547. The number of halogens is 1. The number of ether oxygens (including phenoxy) is 1. The van der Waals surface area contributed by atoms with Crippen molar-refractivity contribution in [2.45, 2.75) is 31.4 Å². The van der Waals surface area contributed by atoms with Crippen LogP contribution in [0.5, 0.6) is 0 Å². The minimum Gasteiger partial charge on any atom is -0.377 e. The molecule has 0 aliphatic carbocycles. The first-order valence-corrected chi connectivity index (χ1v) is 7.79. The van der Waals surface area contributed by atoms with Crippen molar-refractivity contribution in [2.75, 3.05) is 20.2 Å². The van der Waals surface area contributed by atoms with E-state index in [9.17, 15) is 12.8 Å². The molecule has 1 aromatic carbocycles. The third-order valence-corrected chi connectivity index (χ3v) is 4.66.